The molecule has 0 unspecified atom stereocenters. The van der Waals surface area contributed by atoms with Gasteiger partial charge in [0.25, 0.3) is 0 Å². The molecule has 396 valence electrons. The molecule has 0 saturated carbocycles. The number of hydrogen-bond acceptors (Lipinski definition) is 6. The molecule has 0 spiro atoms. The third kappa shape index (κ3) is 24.5. The predicted molar refractivity (Wildman–Crippen MR) is 313 cm³/mol. The largest absolute Gasteiger partial charge is 0.873 e. The van der Waals surface area contributed by atoms with Gasteiger partial charge in [-0.25, -0.2) is 0 Å². The van der Waals surface area contributed by atoms with Crippen LogP contribution in [0.3, 0.4) is 0 Å². The van der Waals surface area contributed by atoms with Gasteiger partial charge < -0.3 is 30.2 Å². The molecule has 1 fully saturated rings. The van der Waals surface area contributed by atoms with Crippen molar-refractivity contribution in [2.75, 3.05) is 36.0 Å². The van der Waals surface area contributed by atoms with Crippen LogP contribution in [0.5, 0.6) is 23.0 Å². The first-order valence-electron chi connectivity index (χ1n) is 25.1. The molecular formula is C68H76N2O4Sb2-4. The summed E-state index contributed by atoms with van der Waals surface area (Å²) < 4.78 is 0. The summed E-state index contributed by atoms with van der Waals surface area (Å²) in [4.78, 5) is 4.41. The molecule has 0 bridgehead atoms. The van der Waals surface area contributed by atoms with Crippen molar-refractivity contribution in [2.45, 2.75) is 105 Å². The Morgan fingerprint density at radius 1 is 0.289 bits per heavy atom. The summed E-state index contributed by atoms with van der Waals surface area (Å²) in [6.45, 7) is 26.1. The molecule has 0 atom stereocenters. The standard InChI is InChI=1S/C32H50N2O4.6C6H5.2Sb/c1-29(2,3)19-17-21(23(31(7,8)9)27(37)25(19)35)33-13-15-34(16-14-33)22-18-20(30(4,5)6)26(36)28(38)24(22)32(10,11)12;6*1-2-4-6-5-3-1;;/h17-18,35-38H,13-16H2,1-12H3;6*1-5H;;/p-4. The summed E-state index contributed by atoms with van der Waals surface area (Å²) in [6.07, 6.45) is 0. The van der Waals surface area contributed by atoms with Crippen molar-refractivity contribution in [3.05, 3.63) is 253 Å². The summed E-state index contributed by atoms with van der Waals surface area (Å²) in [5.74, 6) is -1.63. The van der Waals surface area contributed by atoms with E-state index in [1.54, 1.807) is 0 Å². The van der Waals surface area contributed by atoms with Gasteiger partial charge in [-0.1, -0.05) is 265 Å². The molecule has 6 nitrogen and oxygen atoms in total. The summed E-state index contributed by atoms with van der Waals surface area (Å²) in [6, 6.07) is 78.9. The normalized spacial score (nSPS) is 11.7. The maximum atomic E-state index is 13.4. The van der Waals surface area contributed by atoms with Crippen molar-refractivity contribution < 1.29 is 20.4 Å². The van der Waals surface area contributed by atoms with E-state index >= 15 is 0 Å². The van der Waals surface area contributed by atoms with Crippen LogP contribution < -0.4 is 30.2 Å². The molecule has 8 aromatic carbocycles. The van der Waals surface area contributed by atoms with Crippen LogP contribution in [0.2, 0.25) is 0 Å². The average molecular weight is 1230 g/mol. The molecule has 0 aromatic heterocycles. The fourth-order valence-electron chi connectivity index (χ4n) is 7.56. The Labute approximate surface area is 493 Å². The third-order valence-electron chi connectivity index (χ3n) is 11.2. The van der Waals surface area contributed by atoms with Gasteiger partial charge >= 0.3 is 0 Å². The molecule has 0 N–H and O–H groups in total. The molecule has 8 heteroatoms. The van der Waals surface area contributed by atoms with Crippen LogP contribution in [0.4, 0.5) is 11.4 Å². The van der Waals surface area contributed by atoms with Crippen molar-refractivity contribution in [3.63, 3.8) is 0 Å². The summed E-state index contributed by atoms with van der Waals surface area (Å²) >= 11 is 0. The molecule has 1 aliphatic rings. The number of rotatable bonds is 2. The molecule has 1 heterocycles. The molecule has 76 heavy (non-hydrogen) atoms. The van der Waals surface area contributed by atoms with Gasteiger partial charge in [0.05, 0.1) is 0 Å². The van der Waals surface area contributed by atoms with Crippen molar-refractivity contribution in [2.24, 2.45) is 0 Å². The minimum Gasteiger partial charge on any atom is -0.873 e. The number of benzene rings is 8. The SMILES string of the molecule is CC(C)(C)c1cc(N2CCN(c3cc(C(C)(C)C)c([O-])c([O-])c3C(C)(C)C)CC2)c(C(C)(C)C)c([O-])c1[O-].[Sb].[Sb].[c]1ccccc1.[c]1ccccc1.[c]1ccccc1.[c]1ccccc1.[c]1ccccc1.[c]1ccccc1. The zero-order chi connectivity index (χ0) is 54.6. The molecule has 0 aliphatic carbocycles. The summed E-state index contributed by atoms with van der Waals surface area (Å²) in [7, 11) is 0. The van der Waals surface area contributed by atoms with Gasteiger partial charge in [0.1, 0.15) is 0 Å². The quantitative estimate of drug-likeness (QED) is 0.160. The van der Waals surface area contributed by atoms with Crippen LogP contribution >= 0.6 is 0 Å². The van der Waals surface area contributed by atoms with E-state index in [0.717, 1.165) is 11.4 Å². The molecule has 1 aliphatic heterocycles. The summed E-state index contributed by atoms with van der Waals surface area (Å²) in [5.41, 5.74) is 2.01. The second kappa shape index (κ2) is 34.8. The minimum atomic E-state index is -0.485. The number of piperazine rings is 1. The maximum Gasteiger partial charge on any atom is 0.0401 e. The van der Waals surface area contributed by atoms with Gasteiger partial charge in [0.2, 0.25) is 0 Å². The molecule has 9 rings (SSSR count). The van der Waals surface area contributed by atoms with Crippen LogP contribution in [0.1, 0.15) is 105 Å². The Morgan fingerprint density at radius 2 is 0.474 bits per heavy atom. The molecule has 0 amide bonds. The van der Waals surface area contributed by atoms with Gasteiger partial charge in [-0.2, -0.15) is 0 Å². The maximum absolute atomic E-state index is 13.4. The van der Waals surface area contributed by atoms with Gasteiger partial charge in [-0.3, -0.25) is 0 Å². The number of anilines is 2. The topological polar surface area (TPSA) is 98.7 Å². The van der Waals surface area contributed by atoms with Gasteiger partial charge in [-0.15, -0.1) is 23.0 Å². The van der Waals surface area contributed by atoms with Gasteiger partial charge in [-0.05, 0) is 92.4 Å². The number of hydrogen-bond donors (Lipinski definition) is 0. The van der Waals surface area contributed by atoms with Crippen LogP contribution in [-0.4, -0.2) is 75.0 Å². The Morgan fingerprint density at radius 3 is 0.592 bits per heavy atom. The average Bonchev–Trinajstić information content (AvgIpc) is 3.40. The van der Waals surface area contributed by atoms with E-state index in [2.05, 4.69) is 46.2 Å². The second-order valence-corrected chi connectivity index (χ2v) is 21.4. The molecule has 8 aromatic rings. The van der Waals surface area contributed by atoms with Crippen molar-refractivity contribution in [1.29, 1.82) is 0 Å². The van der Waals surface area contributed by atoms with E-state index < -0.39 is 44.7 Å². The van der Waals surface area contributed by atoms with E-state index in [-0.39, 0.29) is 48.9 Å². The van der Waals surface area contributed by atoms with Gasteiger partial charge in [0, 0.05) is 86.4 Å². The first-order chi connectivity index (χ1) is 35.1. The molecule has 1 saturated heterocycles. The predicted octanol–water partition coefficient (Wildman–Crippen LogP) is 12.7. The second-order valence-electron chi connectivity index (χ2n) is 21.4. The van der Waals surface area contributed by atoms with E-state index in [1.165, 1.54) is 0 Å². The van der Waals surface area contributed by atoms with Crippen molar-refractivity contribution >= 4 is 60.2 Å². The summed E-state index contributed by atoms with van der Waals surface area (Å²) in [5, 5.41) is 52.9. The zero-order valence-electron chi connectivity index (χ0n) is 46.7. The third-order valence-corrected chi connectivity index (χ3v) is 11.2. The van der Waals surface area contributed by atoms with Crippen LogP contribution in [-0.2, 0) is 21.7 Å². The first kappa shape index (κ1) is 68.2. The van der Waals surface area contributed by atoms with Crippen LogP contribution in [0, 0.1) is 36.4 Å². The Hall–Kier alpha value is -5.80. The van der Waals surface area contributed by atoms with Crippen LogP contribution in [0.25, 0.3) is 0 Å². The Kier molecular flexibility index (Phi) is 31.2. The minimum absolute atomic E-state index is 0. The zero-order valence-corrected chi connectivity index (χ0v) is 51.8. The van der Waals surface area contributed by atoms with E-state index in [0.29, 0.717) is 48.4 Å². The van der Waals surface area contributed by atoms with Crippen molar-refractivity contribution in [1.82, 2.24) is 0 Å². The fraction of sp³-hybridized carbons (Fsp3) is 0.294. The molecule has 12 radical (unpaired) electrons. The fourth-order valence-corrected chi connectivity index (χ4v) is 7.56. The number of nitrogens with zero attached hydrogens (tertiary/aromatic N) is 2. The van der Waals surface area contributed by atoms with E-state index in [4.69, 9.17) is 0 Å². The van der Waals surface area contributed by atoms with Crippen LogP contribution in [0.15, 0.2) is 194 Å². The van der Waals surface area contributed by atoms with E-state index in [9.17, 15) is 20.4 Å². The Balaban J connectivity index is 0.000000595. The molecular weight excluding hydrogens is 1150 g/mol. The smallest absolute Gasteiger partial charge is 0.0401 e. The Bertz CT molecular complexity index is 2180. The van der Waals surface area contributed by atoms with E-state index in [1.807, 2.05) is 277 Å². The first-order valence-corrected chi connectivity index (χ1v) is 25.1. The monoisotopic (exact) mass is 1230 g/mol. The van der Waals surface area contributed by atoms with Gasteiger partial charge in [0.15, 0.2) is 0 Å². The van der Waals surface area contributed by atoms with Crippen molar-refractivity contribution in [3.8, 4) is 23.0 Å².